The predicted octanol–water partition coefficient (Wildman–Crippen LogP) is 2.87. The molecule has 0 radical (unpaired) electrons. The molecule has 1 unspecified atom stereocenters. The van der Waals surface area contributed by atoms with Crippen molar-refractivity contribution in [2.45, 2.75) is 24.8 Å². The molecular formula is C17H21NO5S. The molecule has 0 aliphatic carbocycles. The summed E-state index contributed by atoms with van der Waals surface area (Å²) in [5, 5.41) is 9.96. The van der Waals surface area contributed by atoms with E-state index in [0.717, 1.165) is 5.56 Å². The van der Waals surface area contributed by atoms with Gasteiger partial charge in [-0.15, -0.1) is 0 Å². The lowest BCUT2D eigenvalue weighted by atomic mass is 10.1. The molecule has 0 bridgehead atoms. The molecule has 24 heavy (non-hydrogen) atoms. The molecule has 1 atom stereocenters. The lowest BCUT2D eigenvalue weighted by molar-refractivity contribution is 0.199. The van der Waals surface area contributed by atoms with E-state index in [1.54, 1.807) is 25.1 Å². The van der Waals surface area contributed by atoms with Crippen molar-refractivity contribution in [3.63, 3.8) is 0 Å². The number of anilines is 1. The monoisotopic (exact) mass is 351 g/mol. The van der Waals surface area contributed by atoms with E-state index < -0.39 is 16.1 Å². The average Bonchev–Trinajstić information content (AvgIpc) is 2.54. The van der Waals surface area contributed by atoms with Gasteiger partial charge in [-0.05, 0) is 32.0 Å². The number of sulfonamides is 1. The van der Waals surface area contributed by atoms with Gasteiger partial charge >= 0.3 is 0 Å². The number of ether oxygens (including phenoxy) is 2. The molecule has 0 aliphatic rings. The molecule has 0 heterocycles. The molecule has 2 aromatic rings. The van der Waals surface area contributed by atoms with Gasteiger partial charge in [-0.3, -0.25) is 4.72 Å². The average molecular weight is 351 g/mol. The highest BCUT2D eigenvalue weighted by Gasteiger charge is 2.20. The molecule has 2 aromatic carbocycles. The zero-order valence-corrected chi connectivity index (χ0v) is 14.8. The highest BCUT2D eigenvalue weighted by molar-refractivity contribution is 7.92. The van der Waals surface area contributed by atoms with Crippen molar-refractivity contribution in [2.24, 2.45) is 0 Å². The SMILES string of the molecule is COc1cc(NS(=O)(=O)c2ccc(C)cc2)c(C(C)O)cc1OC. The van der Waals surface area contributed by atoms with Gasteiger partial charge in [0.1, 0.15) is 0 Å². The Morgan fingerprint density at radius 3 is 2.08 bits per heavy atom. The number of aryl methyl sites for hydroxylation is 1. The first-order valence-corrected chi connectivity index (χ1v) is 8.80. The highest BCUT2D eigenvalue weighted by Crippen LogP contribution is 2.37. The van der Waals surface area contributed by atoms with Crippen LogP contribution in [0.2, 0.25) is 0 Å². The third kappa shape index (κ3) is 3.80. The Balaban J connectivity index is 2.49. The smallest absolute Gasteiger partial charge is 0.261 e. The van der Waals surface area contributed by atoms with Crippen LogP contribution in [0.4, 0.5) is 5.69 Å². The quantitative estimate of drug-likeness (QED) is 0.836. The van der Waals surface area contributed by atoms with Gasteiger partial charge in [-0.25, -0.2) is 8.42 Å². The molecular weight excluding hydrogens is 330 g/mol. The van der Waals surface area contributed by atoms with Crippen LogP contribution >= 0.6 is 0 Å². The molecule has 6 nitrogen and oxygen atoms in total. The largest absolute Gasteiger partial charge is 0.493 e. The number of rotatable bonds is 6. The maximum Gasteiger partial charge on any atom is 0.261 e. The van der Waals surface area contributed by atoms with Crippen LogP contribution in [0.5, 0.6) is 11.5 Å². The van der Waals surface area contributed by atoms with E-state index >= 15 is 0 Å². The van der Waals surface area contributed by atoms with E-state index in [1.165, 1.54) is 32.4 Å². The molecule has 0 spiro atoms. The topological polar surface area (TPSA) is 84.9 Å². The summed E-state index contributed by atoms with van der Waals surface area (Å²) in [5.41, 5.74) is 1.59. The number of benzene rings is 2. The summed E-state index contributed by atoms with van der Waals surface area (Å²) in [6.45, 7) is 3.43. The van der Waals surface area contributed by atoms with Crippen LogP contribution in [0.15, 0.2) is 41.3 Å². The van der Waals surface area contributed by atoms with E-state index in [4.69, 9.17) is 9.47 Å². The lowest BCUT2D eigenvalue weighted by Gasteiger charge is -2.18. The third-order valence-electron chi connectivity index (χ3n) is 3.58. The second kappa shape index (κ2) is 7.11. The molecule has 130 valence electrons. The molecule has 0 aliphatic heterocycles. The zero-order valence-electron chi connectivity index (χ0n) is 14.0. The van der Waals surface area contributed by atoms with Crippen LogP contribution in [0.25, 0.3) is 0 Å². The molecule has 0 aromatic heterocycles. The van der Waals surface area contributed by atoms with Gasteiger partial charge in [0.05, 0.1) is 30.9 Å². The normalized spacial score (nSPS) is 12.5. The van der Waals surface area contributed by atoms with Crippen LogP contribution in [0, 0.1) is 6.92 Å². The fourth-order valence-corrected chi connectivity index (χ4v) is 3.33. The molecule has 2 N–H and O–H groups in total. The van der Waals surface area contributed by atoms with Crippen molar-refractivity contribution < 1.29 is 23.0 Å². The van der Waals surface area contributed by atoms with Crippen molar-refractivity contribution in [3.8, 4) is 11.5 Å². The molecule has 7 heteroatoms. The minimum absolute atomic E-state index is 0.138. The first-order chi connectivity index (χ1) is 11.3. The lowest BCUT2D eigenvalue weighted by Crippen LogP contribution is -2.15. The van der Waals surface area contributed by atoms with Crippen molar-refractivity contribution >= 4 is 15.7 Å². The van der Waals surface area contributed by atoms with Crippen molar-refractivity contribution in [2.75, 3.05) is 18.9 Å². The Labute approximate surface area is 142 Å². The van der Waals surface area contributed by atoms with Gasteiger partial charge in [0.2, 0.25) is 0 Å². The second-order valence-corrected chi connectivity index (χ2v) is 7.07. The van der Waals surface area contributed by atoms with Crippen molar-refractivity contribution in [1.82, 2.24) is 0 Å². The number of hydrogen-bond donors (Lipinski definition) is 2. The number of methoxy groups -OCH3 is 2. The summed E-state index contributed by atoms with van der Waals surface area (Å²) in [7, 11) is -0.860. The summed E-state index contributed by atoms with van der Waals surface area (Å²) in [4.78, 5) is 0.138. The number of aliphatic hydroxyl groups excluding tert-OH is 1. The van der Waals surface area contributed by atoms with Crippen LogP contribution in [-0.2, 0) is 10.0 Å². The number of hydrogen-bond acceptors (Lipinski definition) is 5. The molecule has 0 amide bonds. The Hall–Kier alpha value is -2.25. The zero-order chi connectivity index (χ0) is 17.9. The Morgan fingerprint density at radius 2 is 1.58 bits per heavy atom. The maximum absolute atomic E-state index is 12.6. The highest BCUT2D eigenvalue weighted by atomic mass is 32.2. The fraction of sp³-hybridized carbons (Fsp3) is 0.294. The van der Waals surface area contributed by atoms with Crippen LogP contribution in [0.3, 0.4) is 0 Å². The van der Waals surface area contributed by atoms with Crippen molar-refractivity contribution in [3.05, 3.63) is 47.5 Å². The van der Waals surface area contributed by atoms with Gasteiger partial charge in [-0.2, -0.15) is 0 Å². The Kier molecular flexibility index (Phi) is 5.36. The second-order valence-electron chi connectivity index (χ2n) is 5.39. The van der Waals surface area contributed by atoms with E-state index in [2.05, 4.69) is 4.72 Å². The third-order valence-corrected chi connectivity index (χ3v) is 4.96. The summed E-state index contributed by atoms with van der Waals surface area (Å²) in [6.07, 6.45) is -0.888. The van der Waals surface area contributed by atoms with Crippen LogP contribution in [-0.4, -0.2) is 27.7 Å². The maximum atomic E-state index is 12.6. The number of nitrogens with one attached hydrogen (secondary N) is 1. The first kappa shape index (κ1) is 18.1. The van der Waals surface area contributed by atoms with Gasteiger partial charge in [0, 0.05) is 11.6 Å². The summed E-state index contributed by atoms with van der Waals surface area (Å²) in [6, 6.07) is 9.54. The van der Waals surface area contributed by atoms with E-state index in [-0.39, 0.29) is 10.6 Å². The molecule has 2 rings (SSSR count). The van der Waals surface area contributed by atoms with Gasteiger partial charge in [0.15, 0.2) is 11.5 Å². The summed E-state index contributed by atoms with van der Waals surface area (Å²) < 4.78 is 38.1. The minimum atomic E-state index is -3.79. The predicted molar refractivity (Wildman–Crippen MR) is 92.2 cm³/mol. The van der Waals surface area contributed by atoms with E-state index in [9.17, 15) is 13.5 Å². The van der Waals surface area contributed by atoms with Gasteiger partial charge < -0.3 is 14.6 Å². The summed E-state index contributed by atoms with van der Waals surface area (Å²) in [5.74, 6) is 0.773. The van der Waals surface area contributed by atoms with E-state index in [0.29, 0.717) is 17.1 Å². The van der Waals surface area contributed by atoms with Crippen LogP contribution in [0.1, 0.15) is 24.2 Å². The minimum Gasteiger partial charge on any atom is -0.493 e. The van der Waals surface area contributed by atoms with Gasteiger partial charge in [0.25, 0.3) is 10.0 Å². The molecule has 0 saturated heterocycles. The fourth-order valence-electron chi connectivity index (χ4n) is 2.25. The Morgan fingerprint density at radius 1 is 1.04 bits per heavy atom. The van der Waals surface area contributed by atoms with Gasteiger partial charge in [-0.1, -0.05) is 17.7 Å². The standard InChI is InChI=1S/C17H21NO5S/c1-11-5-7-13(8-6-11)24(20,21)18-15-10-17(23-4)16(22-3)9-14(15)12(2)19/h5-10,12,18-19H,1-4H3. The summed E-state index contributed by atoms with van der Waals surface area (Å²) >= 11 is 0. The van der Waals surface area contributed by atoms with Crippen molar-refractivity contribution in [1.29, 1.82) is 0 Å². The molecule has 0 fully saturated rings. The van der Waals surface area contributed by atoms with E-state index in [1.807, 2.05) is 6.92 Å². The molecule has 0 saturated carbocycles. The number of aliphatic hydroxyl groups is 1. The Bertz CT molecular complexity index is 814. The first-order valence-electron chi connectivity index (χ1n) is 7.32. The van der Waals surface area contributed by atoms with Crippen LogP contribution < -0.4 is 14.2 Å².